The summed E-state index contributed by atoms with van der Waals surface area (Å²) < 4.78 is 5.08. The van der Waals surface area contributed by atoms with E-state index in [4.69, 9.17) is 4.74 Å². The summed E-state index contributed by atoms with van der Waals surface area (Å²) in [6, 6.07) is 9.02. The smallest absolute Gasteiger partial charge is 0.119 e. The molecule has 0 aliphatic carbocycles. The van der Waals surface area contributed by atoms with Crippen LogP contribution in [0.25, 0.3) is 0 Å². The summed E-state index contributed by atoms with van der Waals surface area (Å²) in [5.74, 6) is 0.923. The van der Waals surface area contributed by atoms with Gasteiger partial charge >= 0.3 is 0 Å². The number of hydrogen-bond donors (Lipinski definition) is 0. The number of benzene rings is 1. The van der Waals surface area contributed by atoms with Gasteiger partial charge in [-0.2, -0.15) is 0 Å². The molecule has 0 saturated heterocycles. The average Bonchev–Trinajstić information content (AvgIpc) is 2.06. The zero-order valence-corrected chi connectivity index (χ0v) is 7.05. The number of ether oxygens (including phenoxy) is 1. The summed E-state index contributed by atoms with van der Waals surface area (Å²) in [7, 11) is 1.69. The van der Waals surface area contributed by atoms with Crippen LogP contribution in [0.2, 0.25) is 0 Å². The Bertz CT molecular complexity index is 218. The van der Waals surface area contributed by atoms with Crippen LogP contribution in [0.1, 0.15) is 18.9 Å². The van der Waals surface area contributed by atoms with E-state index in [1.807, 2.05) is 18.2 Å². The van der Waals surface area contributed by atoms with Gasteiger partial charge in [-0.15, -0.1) is 0 Å². The summed E-state index contributed by atoms with van der Waals surface area (Å²) in [5.41, 5.74) is 1.23. The van der Waals surface area contributed by atoms with Crippen LogP contribution in [0.15, 0.2) is 18.2 Å². The zero-order chi connectivity index (χ0) is 8.10. The van der Waals surface area contributed by atoms with Crippen molar-refractivity contribution in [2.24, 2.45) is 0 Å². The molecule has 0 spiro atoms. The Labute approximate surface area is 68.0 Å². The fourth-order valence-electron chi connectivity index (χ4n) is 1.03. The SMILES string of the molecule is CCCc1[c]ccc(OC)c1. The van der Waals surface area contributed by atoms with Gasteiger partial charge in [-0.25, -0.2) is 0 Å². The first-order valence-corrected chi connectivity index (χ1v) is 3.91. The number of methoxy groups -OCH3 is 1. The van der Waals surface area contributed by atoms with E-state index < -0.39 is 0 Å². The van der Waals surface area contributed by atoms with Gasteiger partial charge in [0.05, 0.1) is 7.11 Å². The molecule has 0 N–H and O–H groups in total. The molecule has 0 unspecified atom stereocenters. The van der Waals surface area contributed by atoms with Crippen LogP contribution in [0, 0.1) is 6.07 Å². The van der Waals surface area contributed by atoms with Crippen LogP contribution in [-0.2, 0) is 6.42 Å². The van der Waals surface area contributed by atoms with E-state index in [-0.39, 0.29) is 0 Å². The topological polar surface area (TPSA) is 9.23 Å². The third-order valence-corrected chi connectivity index (χ3v) is 1.59. The second-order valence-corrected chi connectivity index (χ2v) is 2.50. The minimum Gasteiger partial charge on any atom is -0.497 e. The van der Waals surface area contributed by atoms with Gasteiger partial charge in [-0.1, -0.05) is 19.4 Å². The van der Waals surface area contributed by atoms with Gasteiger partial charge < -0.3 is 4.74 Å². The lowest BCUT2D eigenvalue weighted by Gasteiger charge is -2.01. The molecule has 0 bridgehead atoms. The quantitative estimate of drug-likeness (QED) is 0.641. The molecule has 1 nitrogen and oxygen atoms in total. The number of aryl methyl sites for hydroxylation is 1. The van der Waals surface area contributed by atoms with E-state index in [0.717, 1.165) is 18.6 Å². The second-order valence-electron chi connectivity index (χ2n) is 2.50. The van der Waals surface area contributed by atoms with E-state index in [1.165, 1.54) is 5.56 Å². The zero-order valence-electron chi connectivity index (χ0n) is 7.05. The maximum Gasteiger partial charge on any atom is 0.119 e. The summed E-state index contributed by atoms with van der Waals surface area (Å²) in [6.45, 7) is 2.16. The largest absolute Gasteiger partial charge is 0.497 e. The fourth-order valence-corrected chi connectivity index (χ4v) is 1.03. The molecule has 0 saturated carbocycles. The molecule has 1 aromatic carbocycles. The van der Waals surface area contributed by atoms with Crippen molar-refractivity contribution < 1.29 is 4.74 Å². The van der Waals surface area contributed by atoms with E-state index in [1.54, 1.807) is 7.11 Å². The molecule has 1 rings (SSSR count). The van der Waals surface area contributed by atoms with Gasteiger partial charge in [0, 0.05) is 0 Å². The Kier molecular flexibility index (Phi) is 2.96. The molecule has 0 aliphatic rings. The van der Waals surface area contributed by atoms with Crippen LogP contribution >= 0.6 is 0 Å². The van der Waals surface area contributed by atoms with Crippen molar-refractivity contribution in [3.05, 3.63) is 29.8 Å². The molecule has 1 heteroatoms. The fraction of sp³-hybridized carbons (Fsp3) is 0.400. The molecule has 0 atom stereocenters. The number of rotatable bonds is 3. The predicted molar refractivity (Wildman–Crippen MR) is 45.8 cm³/mol. The Morgan fingerprint density at radius 1 is 1.55 bits per heavy atom. The van der Waals surface area contributed by atoms with Gasteiger partial charge in [0.2, 0.25) is 0 Å². The van der Waals surface area contributed by atoms with Gasteiger partial charge in [0.1, 0.15) is 5.75 Å². The van der Waals surface area contributed by atoms with E-state index >= 15 is 0 Å². The van der Waals surface area contributed by atoms with Gasteiger partial charge in [0.25, 0.3) is 0 Å². The maximum absolute atomic E-state index is 5.08. The lowest BCUT2D eigenvalue weighted by Crippen LogP contribution is -1.86. The standard InChI is InChI=1S/C10H13O/c1-3-5-9-6-4-7-10(8-9)11-2/h4,7-8H,3,5H2,1-2H3. The highest BCUT2D eigenvalue weighted by molar-refractivity contribution is 5.27. The molecule has 1 radical (unpaired) electrons. The highest BCUT2D eigenvalue weighted by Gasteiger charge is 1.93. The van der Waals surface area contributed by atoms with Crippen molar-refractivity contribution in [1.82, 2.24) is 0 Å². The van der Waals surface area contributed by atoms with Crippen LogP contribution in [0.3, 0.4) is 0 Å². The molecular formula is C10H13O. The van der Waals surface area contributed by atoms with E-state index in [0.29, 0.717) is 0 Å². The second kappa shape index (κ2) is 4.02. The monoisotopic (exact) mass is 149 g/mol. The van der Waals surface area contributed by atoms with Crippen molar-refractivity contribution >= 4 is 0 Å². The Morgan fingerprint density at radius 3 is 3.00 bits per heavy atom. The summed E-state index contributed by atoms with van der Waals surface area (Å²) in [4.78, 5) is 0. The van der Waals surface area contributed by atoms with Crippen LogP contribution < -0.4 is 4.74 Å². The lowest BCUT2D eigenvalue weighted by atomic mass is 10.1. The van der Waals surface area contributed by atoms with Crippen LogP contribution in [-0.4, -0.2) is 7.11 Å². The molecule has 0 heterocycles. The highest BCUT2D eigenvalue weighted by Crippen LogP contribution is 2.12. The normalized spacial score (nSPS) is 9.64. The van der Waals surface area contributed by atoms with Gasteiger partial charge in [-0.3, -0.25) is 0 Å². The third-order valence-electron chi connectivity index (χ3n) is 1.59. The molecular weight excluding hydrogens is 136 g/mol. The summed E-state index contributed by atoms with van der Waals surface area (Å²) in [5, 5.41) is 0. The summed E-state index contributed by atoms with van der Waals surface area (Å²) >= 11 is 0. The Hall–Kier alpha value is -0.980. The summed E-state index contributed by atoms with van der Waals surface area (Å²) in [6.07, 6.45) is 2.24. The average molecular weight is 149 g/mol. The first-order valence-electron chi connectivity index (χ1n) is 3.91. The van der Waals surface area contributed by atoms with Gasteiger partial charge in [0.15, 0.2) is 0 Å². The minimum absolute atomic E-state index is 0.923. The Morgan fingerprint density at radius 2 is 2.36 bits per heavy atom. The van der Waals surface area contributed by atoms with Crippen LogP contribution in [0.4, 0.5) is 0 Å². The predicted octanol–water partition coefficient (Wildman–Crippen LogP) is 2.45. The molecule has 0 aromatic heterocycles. The molecule has 59 valence electrons. The van der Waals surface area contributed by atoms with Gasteiger partial charge in [-0.05, 0) is 30.2 Å². The van der Waals surface area contributed by atoms with E-state index in [9.17, 15) is 0 Å². The molecule has 11 heavy (non-hydrogen) atoms. The van der Waals surface area contributed by atoms with Crippen molar-refractivity contribution in [3.8, 4) is 5.75 Å². The van der Waals surface area contributed by atoms with Crippen LogP contribution in [0.5, 0.6) is 5.75 Å². The van der Waals surface area contributed by atoms with E-state index in [2.05, 4.69) is 13.0 Å². The minimum atomic E-state index is 0.923. The van der Waals surface area contributed by atoms with Crippen molar-refractivity contribution in [3.63, 3.8) is 0 Å². The highest BCUT2D eigenvalue weighted by atomic mass is 16.5. The Balaban J connectivity index is 2.74. The lowest BCUT2D eigenvalue weighted by molar-refractivity contribution is 0.414. The van der Waals surface area contributed by atoms with Crippen molar-refractivity contribution in [2.45, 2.75) is 19.8 Å². The van der Waals surface area contributed by atoms with Crippen molar-refractivity contribution in [1.29, 1.82) is 0 Å². The molecule has 0 fully saturated rings. The first kappa shape index (κ1) is 8.12. The molecule has 0 aliphatic heterocycles. The molecule has 1 aromatic rings. The maximum atomic E-state index is 5.08. The number of hydrogen-bond acceptors (Lipinski definition) is 1. The third kappa shape index (κ3) is 2.26. The molecule has 0 amide bonds. The van der Waals surface area contributed by atoms with Crippen molar-refractivity contribution in [2.75, 3.05) is 7.11 Å². The first-order chi connectivity index (χ1) is 5.36.